The zero-order valence-electron chi connectivity index (χ0n) is 17.3. The number of nitrogens with zero attached hydrogens (tertiary/aromatic N) is 1. The summed E-state index contributed by atoms with van der Waals surface area (Å²) in [5.74, 6) is 0.332. The lowest BCUT2D eigenvalue weighted by atomic mass is 10.1. The topological polar surface area (TPSA) is 79.8 Å². The van der Waals surface area contributed by atoms with Crippen LogP contribution in [0.25, 0.3) is 0 Å². The van der Waals surface area contributed by atoms with Gasteiger partial charge in [0.25, 0.3) is 5.91 Å². The molecule has 28 heavy (non-hydrogen) atoms. The zero-order chi connectivity index (χ0) is 20.5. The van der Waals surface area contributed by atoms with Crippen molar-refractivity contribution in [3.63, 3.8) is 0 Å². The Morgan fingerprint density at radius 3 is 2.14 bits per heavy atom. The summed E-state index contributed by atoms with van der Waals surface area (Å²) in [6, 6.07) is 7.30. The second kappa shape index (κ2) is 15.7. The highest BCUT2D eigenvalue weighted by molar-refractivity contribution is 5.86. The van der Waals surface area contributed by atoms with E-state index in [1.165, 1.54) is 44.9 Å². The van der Waals surface area contributed by atoms with Crippen LogP contribution in [0.5, 0.6) is 5.75 Å². The Morgan fingerprint density at radius 2 is 1.54 bits per heavy atom. The summed E-state index contributed by atoms with van der Waals surface area (Å²) in [6.45, 7) is 2.17. The molecule has 6 nitrogen and oxygen atoms in total. The van der Waals surface area contributed by atoms with Gasteiger partial charge in [-0.3, -0.25) is 9.59 Å². The Kier molecular flexibility index (Phi) is 13.2. The quantitative estimate of drug-likeness (QED) is 0.268. The maximum absolute atomic E-state index is 11.8. The second-order valence-corrected chi connectivity index (χ2v) is 6.92. The largest absolute Gasteiger partial charge is 0.497 e. The average molecular weight is 390 g/mol. The van der Waals surface area contributed by atoms with Crippen LogP contribution < -0.4 is 15.5 Å². The van der Waals surface area contributed by atoms with E-state index in [2.05, 4.69) is 22.8 Å². The highest BCUT2D eigenvalue weighted by atomic mass is 16.5. The molecule has 0 aliphatic carbocycles. The Morgan fingerprint density at radius 1 is 0.929 bits per heavy atom. The summed E-state index contributed by atoms with van der Waals surface area (Å²) in [5, 5.41) is 6.51. The third-order valence-corrected chi connectivity index (χ3v) is 4.47. The minimum atomic E-state index is -0.342. The van der Waals surface area contributed by atoms with E-state index in [1.54, 1.807) is 13.3 Å². The number of carbonyl (C=O) groups is 2. The smallest absolute Gasteiger partial charge is 0.259 e. The molecule has 1 aromatic carbocycles. The monoisotopic (exact) mass is 389 g/mol. The van der Waals surface area contributed by atoms with Crippen LogP contribution in [0.4, 0.5) is 0 Å². The summed E-state index contributed by atoms with van der Waals surface area (Å²) in [5.41, 5.74) is 3.25. The first kappa shape index (κ1) is 23.7. The molecular formula is C22H35N3O3. The van der Waals surface area contributed by atoms with Gasteiger partial charge in [-0.15, -0.1) is 0 Å². The summed E-state index contributed by atoms with van der Waals surface area (Å²) < 4.78 is 5.08. The first-order valence-corrected chi connectivity index (χ1v) is 10.4. The molecule has 0 radical (unpaired) electrons. The van der Waals surface area contributed by atoms with Gasteiger partial charge in [0.15, 0.2) is 0 Å². The number of hydrogen-bond donors (Lipinski definition) is 2. The van der Waals surface area contributed by atoms with Gasteiger partial charge < -0.3 is 10.1 Å². The molecule has 1 aromatic rings. The number of methoxy groups -OCH3 is 1. The average Bonchev–Trinajstić information content (AvgIpc) is 2.71. The highest BCUT2D eigenvalue weighted by Gasteiger charge is 2.04. The molecule has 0 bridgehead atoms. The third kappa shape index (κ3) is 12.1. The van der Waals surface area contributed by atoms with Crippen molar-refractivity contribution < 1.29 is 14.3 Å². The highest BCUT2D eigenvalue weighted by Crippen LogP contribution is 2.10. The van der Waals surface area contributed by atoms with Crippen LogP contribution >= 0.6 is 0 Å². The number of ether oxygens (including phenoxy) is 1. The summed E-state index contributed by atoms with van der Waals surface area (Å²) in [4.78, 5) is 23.5. The maximum Gasteiger partial charge on any atom is 0.259 e. The molecule has 0 unspecified atom stereocenters. The van der Waals surface area contributed by atoms with Crippen molar-refractivity contribution >= 4 is 18.0 Å². The van der Waals surface area contributed by atoms with Gasteiger partial charge in [-0.25, -0.2) is 5.43 Å². The Hall–Kier alpha value is -2.37. The molecule has 0 spiro atoms. The van der Waals surface area contributed by atoms with Crippen LogP contribution in [0.15, 0.2) is 29.4 Å². The van der Waals surface area contributed by atoms with E-state index in [4.69, 9.17) is 4.74 Å². The number of hydrogen-bond acceptors (Lipinski definition) is 4. The van der Waals surface area contributed by atoms with Crippen molar-refractivity contribution in [3.8, 4) is 5.75 Å². The maximum atomic E-state index is 11.8. The van der Waals surface area contributed by atoms with E-state index in [0.717, 1.165) is 24.2 Å². The van der Waals surface area contributed by atoms with Crippen LogP contribution in [0.1, 0.15) is 76.7 Å². The van der Waals surface area contributed by atoms with Crippen molar-refractivity contribution in [2.75, 3.05) is 13.7 Å². The SMILES string of the molecule is CCCCCCCCCCCC(=O)NCC(=O)N/N=C/c1ccc(OC)cc1. The van der Waals surface area contributed by atoms with Crippen molar-refractivity contribution in [2.45, 2.75) is 71.1 Å². The van der Waals surface area contributed by atoms with Gasteiger partial charge in [-0.2, -0.15) is 5.10 Å². The lowest BCUT2D eigenvalue weighted by molar-refractivity contribution is -0.126. The molecule has 2 N–H and O–H groups in total. The molecule has 0 saturated heterocycles. The molecule has 2 amide bonds. The third-order valence-electron chi connectivity index (χ3n) is 4.47. The Bertz CT molecular complexity index is 585. The molecule has 0 atom stereocenters. The fourth-order valence-corrected chi connectivity index (χ4v) is 2.77. The molecule has 1 rings (SSSR count). The van der Waals surface area contributed by atoms with E-state index in [1.807, 2.05) is 24.3 Å². The number of rotatable bonds is 15. The van der Waals surface area contributed by atoms with E-state index < -0.39 is 0 Å². The minimum absolute atomic E-state index is 0.0593. The molecular weight excluding hydrogens is 354 g/mol. The van der Waals surface area contributed by atoms with E-state index in [9.17, 15) is 9.59 Å². The van der Waals surface area contributed by atoms with Crippen molar-refractivity contribution in [2.24, 2.45) is 5.10 Å². The van der Waals surface area contributed by atoms with Crippen molar-refractivity contribution in [1.29, 1.82) is 0 Å². The molecule has 0 aliphatic heterocycles. The number of carbonyl (C=O) groups excluding carboxylic acids is 2. The summed E-state index contributed by atoms with van der Waals surface area (Å²) >= 11 is 0. The number of nitrogens with one attached hydrogen (secondary N) is 2. The molecule has 0 aliphatic rings. The van der Waals surface area contributed by atoms with E-state index in [-0.39, 0.29) is 18.4 Å². The van der Waals surface area contributed by atoms with E-state index >= 15 is 0 Å². The lowest BCUT2D eigenvalue weighted by Crippen LogP contribution is -2.34. The standard InChI is InChI=1S/C22H35N3O3/c1-3-4-5-6-7-8-9-10-11-12-21(26)23-18-22(27)25-24-17-19-13-15-20(28-2)16-14-19/h13-17H,3-12,18H2,1-2H3,(H,23,26)(H,25,27)/b24-17+. The van der Waals surface area contributed by atoms with Gasteiger partial charge in [0.05, 0.1) is 19.9 Å². The summed E-state index contributed by atoms with van der Waals surface area (Å²) in [7, 11) is 1.60. The van der Waals surface area contributed by atoms with Crippen LogP contribution in [0.3, 0.4) is 0 Å². The van der Waals surface area contributed by atoms with Crippen LogP contribution in [0, 0.1) is 0 Å². The van der Waals surface area contributed by atoms with Crippen LogP contribution in [-0.4, -0.2) is 31.7 Å². The second-order valence-electron chi connectivity index (χ2n) is 6.92. The van der Waals surface area contributed by atoms with E-state index in [0.29, 0.717) is 6.42 Å². The molecule has 0 fully saturated rings. The van der Waals surface area contributed by atoms with Crippen LogP contribution in [-0.2, 0) is 9.59 Å². The molecule has 0 saturated carbocycles. The number of amides is 2. The van der Waals surface area contributed by atoms with Gasteiger partial charge in [-0.1, -0.05) is 58.3 Å². The van der Waals surface area contributed by atoms with Gasteiger partial charge in [0.1, 0.15) is 5.75 Å². The Labute approximate surface area is 169 Å². The van der Waals surface area contributed by atoms with Gasteiger partial charge >= 0.3 is 0 Å². The van der Waals surface area contributed by atoms with Crippen molar-refractivity contribution in [1.82, 2.24) is 10.7 Å². The lowest BCUT2D eigenvalue weighted by Gasteiger charge is -2.05. The first-order valence-electron chi connectivity index (χ1n) is 10.4. The normalized spacial score (nSPS) is 10.8. The predicted molar refractivity (Wildman–Crippen MR) is 114 cm³/mol. The van der Waals surface area contributed by atoms with Gasteiger partial charge in [0, 0.05) is 6.42 Å². The fourth-order valence-electron chi connectivity index (χ4n) is 2.77. The molecule has 156 valence electrons. The number of hydrazone groups is 1. The molecule has 6 heteroatoms. The molecule has 0 aromatic heterocycles. The predicted octanol–water partition coefficient (Wildman–Crippen LogP) is 4.18. The fraction of sp³-hybridized carbons (Fsp3) is 0.591. The Balaban J connectivity index is 2.03. The first-order chi connectivity index (χ1) is 13.7. The van der Waals surface area contributed by atoms with Crippen molar-refractivity contribution in [3.05, 3.63) is 29.8 Å². The van der Waals surface area contributed by atoms with Gasteiger partial charge in [-0.05, 0) is 36.2 Å². The zero-order valence-corrected chi connectivity index (χ0v) is 17.3. The number of benzene rings is 1. The molecule has 0 heterocycles. The minimum Gasteiger partial charge on any atom is -0.497 e. The van der Waals surface area contributed by atoms with Crippen LogP contribution in [0.2, 0.25) is 0 Å². The number of unbranched alkanes of at least 4 members (excludes halogenated alkanes) is 8. The summed E-state index contributed by atoms with van der Waals surface area (Å²) in [6.07, 6.45) is 13.0. The van der Waals surface area contributed by atoms with Gasteiger partial charge in [0.2, 0.25) is 5.91 Å².